The Bertz CT molecular complexity index is 319. The van der Waals surface area contributed by atoms with Crippen molar-refractivity contribution in [1.29, 1.82) is 0 Å². The first-order valence-electron chi connectivity index (χ1n) is 6.63. The number of aliphatic imine (C=N–C) groups is 1. The van der Waals surface area contributed by atoms with E-state index in [-0.39, 0.29) is 5.96 Å². The maximum absolute atomic E-state index is 5.35. The number of fused-ring (bicyclic) bond motifs is 2. The van der Waals surface area contributed by atoms with Gasteiger partial charge >= 0.3 is 0 Å². The summed E-state index contributed by atoms with van der Waals surface area (Å²) in [6, 6.07) is 0. The Kier molecular flexibility index (Phi) is 3.10. The van der Waals surface area contributed by atoms with Crippen molar-refractivity contribution < 1.29 is 0 Å². The van der Waals surface area contributed by atoms with Crippen molar-refractivity contribution in [1.82, 2.24) is 4.90 Å². The molecule has 1 aliphatic carbocycles. The van der Waals surface area contributed by atoms with E-state index < -0.39 is 0 Å². The van der Waals surface area contributed by atoms with E-state index in [0.29, 0.717) is 10.8 Å². The molecule has 2 atom stereocenters. The van der Waals surface area contributed by atoms with E-state index in [2.05, 4.69) is 30.7 Å². The van der Waals surface area contributed by atoms with Gasteiger partial charge in [-0.15, -0.1) is 0 Å². The first kappa shape index (κ1) is 12.7. The van der Waals surface area contributed by atoms with Gasteiger partial charge in [-0.3, -0.25) is 4.99 Å². The van der Waals surface area contributed by atoms with E-state index >= 15 is 0 Å². The van der Waals surface area contributed by atoms with E-state index in [0.717, 1.165) is 19.0 Å². The summed E-state index contributed by atoms with van der Waals surface area (Å²) >= 11 is 0. The molecular formula is C13H26N4. The van der Waals surface area contributed by atoms with Crippen molar-refractivity contribution in [3.8, 4) is 0 Å². The van der Waals surface area contributed by atoms with Crippen molar-refractivity contribution in [2.45, 2.75) is 33.6 Å². The molecule has 98 valence electrons. The van der Waals surface area contributed by atoms with Crippen LogP contribution in [0.5, 0.6) is 0 Å². The summed E-state index contributed by atoms with van der Waals surface area (Å²) in [5.74, 6) is 1.04. The zero-order chi connectivity index (χ0) is 12.7. The highest BCUT2D eigenvalue weighted by Crippen LogP contribution is 2.58. The van der Waals surface area contributed by atoms with Gasteiger partial charge in [-0.2, -0.15) is 0 Å². The molecule has 0 aromatic carbocycles. The summed E-state index contributed by atoms with van der Waals surface area (Å²) in [6.45, 7) is 11.4. The number of piperidine rings is 1. The summed E-state index contributed by atoms with van der Waals surface area (Å²) in [4.78, 5) is 6.62. The number of nitrogens with two attached hydrogens (primary N) is 2. The molecule has 0 amide bonds. The largest absolute Gasteiger partial charge is 0.370 e. The molecule has 0 radical (unpaired) electrons. The summed E-state index contributed by atoms with van der Waals surface area (Å²) in [5.41, 5.74) is 11.7. The van der Waals surface area contributed by atoms with Crippen molar-refractivity contribution in [2.24, 2.45) is 33.2 Å². The van der Waals surface area contributed by atoms with E-state index in [9.17, 15) is 0 Å². The molecule has 2 unspecified atom stereocenters. The lowest BCUT2D eigenvalue weighted by atomic mass is 9.63. The van der Waals surface area contributed by atoms with Crippen LogP contribution < -0.4 is 11.5 Å². The fourth-order valence-corrected chi connectivity index (χ4v) is 3.63. The molecule has 0 aromatic rings. The molecule has 4 heteroatoms. The summed E-state index contributed by atoms with van der Waals surface area (Å²) in [7, 11) is 0. The smallest absolute Gasteiger partial charge is 0.185 e. The Morgan fingerprint density at radius 1 is 1.35 bits per heavy atom. The molecule has 1 heterocycles. The maximum Gasteiger partial charge on any atom is 0.185 e. The molecule has 0 spiro atoms. The molecule has 17 heavy (non-hydrogen) atoms. The molecule has 1 aliphatic heterocycles. The topological polar surface area (TPSA) is 67.6 Å². The van der Waals surface area contributed by atoms with Gasteiger partial charge in [0, 0.05) is 19.6 Å². The number of hydrogen-bond donors (Lipinski definition) is 2. The van der Waals surface area contributed by atoms with Crippen LogP contribution >= 0.6 is 0 Å². The zero-order valence-electron chi connectivity index (χ0n) is 11.4. The molecule has 4 N–H and O–H groups in total. The summed E-state index contributed by atoms with van der Waals surface area (Å²) < 4.78 is 0. The minimum atomic E-state index is 0.205. The standard InChI is InChI=1S/C13H26N4/c1-12(2)10-4-5-13(12,3)9-17(8-10)7-6-16-11(14)15/h10H,4-9H2,1-3H3,(H4,14,15,16). The molecular weight excluding hydrogens is 212 g/mol. The summed E-state index contributed by atoms with van der Waals surface area (Å²) in [5, 5.41) is 0. The highest BCUT2D eigenvalue weighted by atomic mass is 15.2. The van der Waals surface area contributed by atoms with Crippen molar-refractivity contribution in [3.05, 3.63) is 0 Å². The SMILES string of the molecule is CC12CCC(CN(CCN=C(N)N)C1)C2(C)C. The predicted octanol–water partition coefficient (Wildman–Crippen LogP) is 1.02. The minimum absolute atomic E-state index is 0.205. The highest BCUT2D eigenvalue weighted by molar-refractivity contribution is 5.75. The third-order valence-corrected chi connectivity index (χ3v) is 5.38. The minimum Gasteiger partial charge on any atom is -0.370 e. The zero-order valence-corrected chi connectivity index (χ0v) is 11.4. The Hall–Kier alpha value is -0.770. The average Bonchev–Trinajstić information content (AvgIpc) is 2.38. The van der Waals surface area contributed by atoms with Gasteiger partial charge in [0.1, 0.15) is 0 Å². The maximum atomic E-state index is 5.35. The lowest BCUT2D eigenvalue weighted by molar-refractivity contribution is -0.0160. The van der Waals surface area contributed by atoms with Gasteiger partial charge in [0.05, 0.1) is 6.54 Å². The molecule has 0 aromatic heterocycles. The van der Waals surface area contributed by atoms with Crippen LogP contribution in [-0.2, 0) is 0 Å². The fourth-order valence-electron chi connectivity index (χ4n) is 3.63. The average molecular weight is 238 g/mol. The van der Waals surface area contributed by atoms with Crippen LogP contribution in [0.4, 0.5) is 0 Å². The van der Waals surface area contributed by atoms with Crippen LogP contribution in [0.15, 0.2) is 4.99 Å². The predicted molar refractivity (Wildman–Crippen MR) is 71.7 cm³/mol. The number of hydrogen-bond acceptors (Lipinski definition) is 2. The Labute approximate surface area is 104 Å². The van der Waals surface area contributed by atoms with E-state index in [1.807, 2.05) is 0 Å². The van der Waals surface area contributed by atoms with Crippen molar-refractivity contribution >= 4 is 5.96 Å². The third-order valence-electron chi connectivity index (χ3n) is 5.38. The van der Waals surface area contributed by atoms with Crippen LogP contribution in [0.25, 0.3) is 0 Å². The van der Waals surface area contributed by atoms with Crippen LogP contribution in [0.3, 0.4) is 0 Å². The van der Waals surface area contributed by atoms with E-state index in [1.54, 1.807) is 0 Å². The summed E-state index contributed by atoms with van der Waals surface area (Å²) in [6.07, 6.45) is 2.74. The van der Waals surface area contributed by atoms with Crippen molar-refractivity contribution in [2.75, 3.05) is 26.2 Å². The Morgan fingerprint density at radius 3 is 2.65 bits per heavy atom. The first-order chi connectivity index (χ1) is 7.85. The second-order valence-electron chi connectivity index (χ2n) is 6.56. The van der Waals surface area contributed by atoms with Crippen LogP contribution in [0.2, 0.25) is 0 Å². The van der Waals surface area contributed by atoms with Crippen LogP contribution in [0, 0.1) is 16.7 Å². The van der Waals surface area contributed by atoms with Crippen LogP contribution in [0.1, 0.15) is 33.6 Å². The molecule has 2 bridgehead atoms. The normalized spacial score (nSPS) is 35.8. The van der Waals surface area contributed by atoms with Gasteiger partial charge < -0.3 is 16.4 Å². The lowest BCUT2D eigenvalue weighted by Gasteiger charge is -2.50. The quantitative estimate of drug-likeness (QED) is 0.570. The second kappa shape index (κ2) is 4.16. The van der Waals surface area contributed by atoms with Crippen molar-refractivity contribution in [3.63, 3.8) is 0 Å². The number of nitrogens with zero attached hydrogens (tertiary/aromatic N) is 2. The number of likely N-dealkylation sites (tertiary alicyclic amines) is 1. The van der Waals surface area contributed by atoms with Gasteiger partial charge in [-0.1, -0.05) is 20.8 Å². The third kappa shape index (κ3) is 2.15. The number of rotatable bonds is 3. The first-order valence-corrected chi connectivity index (χ1v) is 6.63. The Balaban J connectivity index is 1.96. The second-order valence-corrected chi connectivity index (χ2v) is 6.56. The van der Waals surface area contributed by atoms with Gasteiger partial charge in [0.2, 0.25) is 0 Å². The van der Waals surface area contributed by atoms with E-state index in [4.69, 9.17) is 11.5 Å². The molecule has 2 fully saturated rings. The highest BCUT2D eigenvalue weighted by Gasteiger charge is 2.55. The molecule has 1 saturated carbocycles. The fraction of sp³-hybridized carbons (Fsp3) is 0.923. The molecule has 2 aliphatic rings. The van der Waals surface area contributed by atoms with Gasteiger partial charge in [-0.05, 0) is 29.6 Å². The van der Waals surface area contributed by atoms with Crippen LogP contribution in [-0.4, -0.2) is 37.0 Å². The van der Waals surface area contributed by atoms with E-state index in [1.165, 1.54) is 25.9 Å². The lowest BCUT2D eigenvalue weighted by Crippen LogP contribution is -2.52. The number of guanidine groups is 1. The molecule has 2 rings (SSSR count). The Morgan fingerprint density at radius 2 is 2.06 bits per heavy atom. The van der Waals surface area contributed by atoms with Gasteiger partial charge in [-0.25, -0.2) is 0 Å². The van der Waals surface area contributed by atoms with Gasteiger partial charge in [0.25, 0.3) is 0 Å². The monoisotopic (exact) mass is 238 g/mol. The molecule has 4 nitrogen and oxygen atoms in total. The molecule has 1 saturated heterocycles. The van der Waals surface area contributed by atoms with Gasteiger partial charge in [0.15, 0.2) is 5.96 Å².